The molecule has 1 aliphatic heterocycles. The third-order valence-corrected chi connectivity index (χ3v) is 8.04. The first-order chi connectivity index (χ1) is 19.7. The Hall–Kier alpha value is -2.89. The summed E-state index contributed by atoms with van der Waals surface area (Å²) in [4.78, 5) is 18.1. The average molecular weight is 544 g/mol. The molecule has 5 nitrogen and oxygen atoms in total. The molecule has 0 spiro atoms. The van der Waals surface area contributed by atoms with E-state index in [2.05, 4.69) is 75.9 Å². The van der Waals surface area contributed by atoms with E-state index in [-0.39, 0.29) is 5.43 Å². The number of ether oxygens (including phenoxy) is 1. The highest BCUT2D eigenvalue weighted by Crippen LogP contribution is 2.16. The highest BCUT2D eigenvalue weighted by atomic mass is 16.5. The Bertz CT molecular complexity index is 1150. The average Bonchev–Trinajstić information content (AvgIpc) is 2.99. The van der Waals surface area contributed by atoms with Crippen LogP contribution in [-0.4, -0.2) is 53.7 Å². The van der Waals surface area contributed by atoms with Gasteiger partial charge >= 0.3 is 0 Å². The van der Waals surface area contributed by atoms with Crippen molar-refractivity contribution >= 4 is 0 Å². The molecule has 0 bridgehead atoms. The van der Waals surface area contributed by atoms with E-state index in [1.165, 1.54) is 56.1 Å². The van der Waals surface area contributed by atoms with Gasteiger partial charge < -0.3 is 14.2 Å². The zero-order valence-electron chi connectivity index (χ0n) is 24.6. The smallest absolute Gasteiger partial charge is 0.223 e. The van der Waals surface area contributed by atoms with E-state index in [9.17, 15) is 4.79 Å². The van der Waals surface area contributed by atoms with E-state index in [1.807, 2.05) is 18.3 Å². The fourth-order valence-corrected chi connectivity index (χ4v) is 5.52. The quantitative estimate of drug-likeness (QED) is 0.176. The number of piperazine rings is 1. The summed E-state index contributed by atoms with van der Waals surface area (Å²) in [6.45, 7) is 9.66. The summed E-state index contributed by atoms with van der Waals surface area (Å²) in [6.07, 6.45) is 13.1. The molecule has 1 fully saturated rings. The van der Waals surface area contributed by atoms with Crippen LogP contribution in [0.3, 0.4) is 0 Å². The Labute approximate surface area is 241 Å². The van der Waals surface area contributed by atoms with Crippen molar-refractivity contribution in [3.63, 3.8) is 0 Å². The Morgan fingerprint density at radius 1 is 0.700 bits per heavy atom. The van der Waals surface area contributed by atoms with Gasteiger partial charge in [-0.1, -0.05) is 113 Å². The first-order valence-electron chi connectivity index (χ1n) is 15.6. The van der Waals surface area contributed by atoms with Crippen LogP contribution in [0.1, 0.15) is 75.1 Å². The summed E-state index contributed by atoms with van der Waals surface area (Å²) in [5.41, 5.74) is 3.69. The maximum Gasteiger partial charge on any atom is 0.223 e. The van der Waals surface area contributed by atoms with Crippen molar-refractivity contribution in [2.24, 2.45) is 0 Å². The molecule has 0 radical (unpaired) electrons. The fraction of sp³-hybridized carbons (Fsp3) is 0.514. The number of hydrogen-bond acceptors (Lipinski definition) is 4. The van der Waals surface area contributed by atoms with Gasteiger partial charge in [-0.2, -0.15) is 0 Å². The van der Waals surface area contributed by atoms with Crippen molar-refractivity contribution in [2.45, 2.75) is 77.8 Å². The fourth-order valence-electron chi connectivity index (χ4n) is 5.52. The lowest BCUT2D eigenvalue weighted by Gasteiger charge is -2.35. The second-order valence-electron chi connectivity index (χ2n) is 11.3. The van der Waals surface area contributed by atoms with Crippen molar-refractivity contribution in [1.29, 1.82) is 0 Å². The number of benzene rings is 2. The van der Waals surface area contributed by atoms with Crippen LogP contribution in [0, 0.1) is 0 Å². The topological polar surface area (TPSA) is 37.7 Å². The molecule has 0 amide bonds. The van der Waals surface area contributed by atoms with Crippen molar-refractivity contribution in [1.82, 2.24) is 14.4 Å². The van der Waals surface area contributed by atoms with E-state index in [4.69, 9.17) is 4.74 Å². The first kappa shape index (κ1) is 30.1. The summed E-state index contributed by atoms with van der Waals surface area (Å²) < 4.78 is 8.25. The minimum Gasteiger partial charge on any atom is -0.488 e. The summed E-state index contributed by atoms with van der Waals surface area (Å²) in [5, 5.41) is 0. The van der Waals surface area contributed by atoms with Gasteiger partial charge in [0.1, 0.15) is 0 Å². The molecular formula is C35H49N3O2. The normalized spacial score (nSPS) is 14.4. The molecule has 2 heterocycles. The third kappa shape index (κ3) is 10.3. The second kappa shape index (κ2) is 17.0. The van der Waals surface area contributed by atoms with Gasteiger partial charge in [-0.05, 0) is 24.0 Å². The Kier molecular flexibility index (Phi) is 12.8. The number of nitrogens with zero attached hydrogens (tertiary/aromatic N) is 3. The van der Waals surface area contributed by atoms with Crippen LogP contribution >= 0.6 is 0 Å². The zero-order chi connectivity index (χ0) is 27.8. The van der Waals surface area contributed by atoms with Gasteiger partial charge in [0, 0.05) is 57.6 Å². The third-order valence-electron chi connectivity index (χ3n) is 8.04. The number of rotatable bonds is 17. The minimum absolute atomic E-state index is 0.000347. The molecule has 5 heteroatoms. The van der Waals surface area contributed by atoms with Crippen molar-refractivity contribution in [3.05, 3.63) is 100.0 Å². The Morgan fingerprint density at radius 2 is 1.30 bits per heavy atom. The second-order valence-corrected chi connectivity index (χ2v) is 11.3. The zero-order valence-corrected chi connectivity index (χ0v) is 24.6. The Morgan fingerprint density at radius 3 is 1.98 bits per heavy atom. The largest absolute Gasteiger partial charge is 0.488 e. The van der Waals surface area contributed by atoms with E-state index in [0.717, 1.165) is 64.3 Å². The predicted octanol–water partition coefficient (Wildman–Crippen LogP) is 6.78. The lowest BCUT2D eigenvalue weighted by molar-refractivity contribution is 0.126. The van der Waals surface area contributed by atoms with Crippen LogP contribution in [-0.2, 0) is 19.5 Å². The molecule has 3 aromatic rings. The maximum atomic E-state index is 13.1. The molecule has 4 rings (SSSR count). The minimum atomic E-state index is 0.000347. The van der Waals surface area contributed by atoms with Gasteiger partial charge in [-0.25, -0.2) is 0 Å². The van der Waals surface area contributed by atoms with Crippen molar-refractivity contribution in [3.8, 4) is 5.75 Å². The van der Waals surface area contributed by atoms with Crippen LogP contribution < -0.4 is 10.2 Å². The van der Waals surface area contributed by atoms with Crippen LogP contribution in [0.4, 0.5) is 0 Å². The SMILES string of the molecule is CCCCCCCCCCOc1cn(Cc2ccccc2)c(CN2CCN(CCc3ccccc3)CC2)cc1=O. The maximum absolute atomic E-state index is 13.1. The van der Waals surface area contributed by atoms with Crippen LogP contribution in [0.5, 0.6) is 5.75 Å². The highest BCUT2D eigenvalue weighted by molar-refractivity contribution is 5.24. The molecule has 0 aliphatic carbocycles. The molecule has 1 aromatic heterocycles. The molecule has 216 valence electrons. The van der Waals surface area contributed by atoms with Gasteiger partial charge in [0.15, 0.2) is 5.75 Å². The summed E-state index contributed by atoms with van der Waals surface area (Å²) >= 11 is 0. The number of hydrogen-bond donors (Lipinski definition) is 0. The number of unbranched alkanes of at least 4 members (excludes halogenated alkanes) is 7. The molecule has 1 saturated heterocycles. The van der Waals surface area contributed by atoms with E-state index >= 15 is 0 Å². The highest BCUT2D eigenvalue weighted by Gasteiger charge is 2.19. The molecular weight excluding hydrogens is 494 g/mol. The van der Waals surface area contributed by atoms with Gasteiger partial charge in [0.05, 0.1) is 12.8 Å². The standard InChI is InChI=1S/C35H49N3O2/c1-2-3-4-5-6-7-8-15-26-40-35-30-38(28-32-18-13-10-14-19-32)33(27-34(35)39)29-37-24-22-36(23-25-37)21-20-31-16-11-9-12-17-31/h9-14,16-19,27,30H,2-8,15,20-26,28-29H2,1H3. The number of aromatic nitrogens is 1. The van der Waals surface area contributed by atoms with Gasteiger partial charge in [-0.3, -0.25) is 9.69 Å². The molecule has 0 N–H and O–H groups in total. The summed E-state index contributed by atoms with van der Waals surface area (Å²) in [7, 11) is 0. The molecule has 0 saturated carbocycles. The summed E-state index contributed by atoms with van der Waals surface area (Å²) in [6, 6.07) is 23.1. The predicted molar refractivity (Wildman–Crippen MR) is 166 cm³/mol. The summed E-state index contributed by atoms with van der Waals surface area (Å²) in [5.74, 6) is 0.480. The molecule has 0 atom stereocenters. The van der Waals surface area contributed by atoms with Crippen molar-refractivity contribution in [2.75, 3.05) is 39.3 Å². The molecule has 2 aromatic carbocycles. The van der Waals surface area contributed by atoms with E-state index < -0.39 is 0 Å². The first-order valence-corrected chi connectivity index (χ1v) is 15.6. The molecule has 40 heavy (non-hydrogen) atoms. The number of pyridine rings is 1. The van der Waals surface area contributed by atoms with Gasteiger partial charge in [-0.15, -0.1) is 0 Å². The Balaban J connectivity index is 1.30. The van der Waals surface area contributed by atoms with E-state index in [0.29, 0.717) is 12.4 Å². The monoisotopic (exact) mass is 543 g/mol. The lowest BCUT2D eigenvalue weighted by atomic mass is 10.1. The van der Waals surface area contributed by atoms with Crippen LogP contribution in [0.25, 0.3) is 0 Å². The molecule has 0 unspecified atom stereocenters. The van der Waals surface area contributed by atoms with Gasteiger partial charge in [0.2, 0.25) is 5.43 Å². The van der Waals surface area contributed by atoms with Crippen molar-refractivity contribution < 1.29 is 4.74 Å². The molecule has 1 aliphatic rings. The van der Waals surface area contributed by atoms with Gasteiger partial charge in [0.25, 0.3) is 0 Å². The van der Waals surface area contributed by atoms with Crippen LogP contribution in [0.2, 0.25) is 0 Å². The van der Waals surface area contributed by atoms with E-state index in [1.54, 1.807) is 0 Å². The lowest BCUT2D eigenvalue weighted by Crippen LogP contribution is -2.46. The van der Waals surface area contributed by atoms with Crippen LogP contribution in [0.15, 0.2) is 77.7 Å².